The molecular formula is C48H58N8O14. The first-order valence-corrected chi connectivity index (χ1v) is 22.8. The number of ketones is 2. The number of phenolic OH excluding ortho intramolecular Hbond substituents is 1. The summed E-state index contributed by atoms with van der Waals surface area (Å²) in [5.74, 6) is -8.30. The summed E-state index contributed by atoms with van der Waals surface area (Å²) in [5.41, 5.74) is 16.7. The quantitative estimate of drug-likeness (QED) is 0.0352. The Hall–Kier alpha value is -6.63. The third kappa shape index (κ3) is 8.81. The lowest BCUT2D eigenvalue weighted by atomic mass is 9.73. The molecule has 16 N–H and O–H groups in total. The maximum absolute atomic E-state index is 15.1. The number of guanidine groups is 1. The molecule has 0 radical (unpaired) electrons. The van der Waals surface area contributed by atoms with Crippen LogP contribution in [0.4, 0.5) is 0 Å². The topological polar surface area (TPSA) is 367 Å². The van der Waals surface area contributed by atoms with E-state index in [0.29, 0.717) is 29.5 Å². The molecule has 374 valence electrons. The number of imide groups is 1. The highest BCUT2D eigenvalue weighted by Crippen LogP contribution is 2.49. The Bertz CT molecular complexity index is 2660. The fourth-order valence-corrected chi connectivity index (χ4v) is 10.4. The molecule has 0 bridgehead atoms. The van der Waals surface area contributed by atoms with Crippen LogP contribution in [0, 0.1) is 17.8 Å². The first-order valence-electron chi connectivity index (χ1n) is 22.8. The lowest BCUT2D eigenvalue weighted by molar-refractivity contribution is -0.420. The molecule has 0 saturated carbocycles. The Morgan fingerprint density at radius 2 is 1.80 bits per heavy atom. The Morgan fingerprint density at radius 1 is 1.06 bits per heavy atom. The van der Waals surface area contributed by atoms with Crippen molar-refractivity contribution in [1.82, 2.24) is 20.9 Å². The number of hydrogen-bond acceptors (Lipinski definition) is 19. The van der Waals surface area contributed by atoms with Crippen LogP contribution in [0.1, 0.15) is 67.8 Å². The Kier molecular flexibility index (Phi) is 14.0. The summed E-state index contributed by atoms with van der Waals surface area (Å²) in [6.45, 7) is -1.85. The number of aromatic hydroxyl groups is 1. The number of nitrogens with one attached hydrogen (secondary N) is 3. The van der Waals surface area contributed by atoms with E-state index >= 15 is 9.59 Å². The average molecular weight is 971 g/mol. The van der Waals surface area contributed by atoms with Crippen molar-refractivity contribution in [1.29, 1.82) is 0 Å². The van der Waals surface area contributed by atoms with Crippen molar-refractivity contribution < 1.29 is 69.1 Å². The van der Waals surface area contributed by atoms with Crippen molar-refractivity contribution in [3.05, 3.63) is 111 Å². The highest BCUT2D eigenvalue weighted by Gasteiger charge is 2.65. The van der Waals surface area contributed by atoms with Gasteiger partial charge in [-0.25, -0.2) is 0 Å². The first kappa shape index (κ1) is 49.8. The summed E-state index contributed by atoms with van der Waals surface area (Å²) in [7, 11) is 2.75. The van der Waals surface area contributed by atoms with Gasteiger partial charge < -0.3 is 83.1 Å². The smallest absolute Gasteiger partial charge is 0.253 e. The van der Waals surface area contributed by atoms with Gasteiger partial charge in [0.15, 0.2) is 11.7 Å². The van der Waals surface area contributed by atoms with Gasteiger partial charge in [-0.15, -0.1) is 0 Å². The lowest BCUT2D eigenvalue weighted by Crippen LogP contribution is -2.75. The van der Waals surface area contributed by atoms with Gasteiger partial charge in [-0.3, -0.25) is 29.1 Å². The van der Waals surface area contributed by atoms with E-state index in [4.69, 9.17) is 31.4 Å². The molecule has 1 fully saturated rings. The van der Waals surface area contributed by atoms with E-state index in [1.807, 2.05) is 12.3 Å². The highest BCUT2D eigenvalue weighted by molar-refractivity contribution is 6.31. The van der Waals surface area contributed by atoms with Crippen molar-refractivity contribution in [3.8, 4) is 17.2 Å². The Balaban J connectivity index is 1.18. The number of carbonyl (C=O) groups excluding carboxylic acids is 4. The van der Waals surface area contributed by atoms with Crippen molar-refractivity contribution in [2.45, 2.75) is 74.7 Å². The van der Waals surface area contributed by atoms with E-state index in [0.717, 1.165) is 22.6 Å². The number of nitrogens with two attached hydrogens (primary N) is 3. The maximum atomic E-state index is 15.1. The number of aliphatic hydroxyl groups excluding tert-OH is 4. The van der Waals surface area contributed by atoms with E-state index in [1.54, 1.807) is 12.2 Å². The van der Waals surface area contributed by atoms with Crippen LogP contribution in [0.2, 0.25) is 0 Å². The molecule has 22 nitrogen and oxygen atoms in total. The van der Waals surface area contributed by atoms with Gasteiger partial charge in [0.1, 0.15) is 41.7 Å². The highest BCUT2D eigenvalue weighted by atomic mass is 16.8. The van der Waals surface area contributed by atoms with E-state index in [1.165, 1.54) is 32.4 Å². The van der Waals surface area contributed by atoms with Gasteiger partial charge in [0.05, 0.1) is 30.2 Å². The second-order valence-electron chi connectivity index (χ2n) is 18.1. The van der Waals surface area contributed by atoms with Crippen LogP contribution in [0.15, 0.2) is 76.7 Å². The van der Waals surface area contributed by atoms with E-state index < -0.39 is 95.4 Å². The molecule has 0 spiro atoms. The molecule has 2 aromatic carbocycles. The maximum Gasteiger partial charge on any atom is 0.253 e. The fourth-order valence-electron chi connectivity index (χ4n) is 10.4. The van der Waals surface area contributed by atoms with Crippen molar-refractivity contribution in [2.75, 3.05) is 40.5 Å². The van der Waals surface area contributed by atoms with Crippen LogP contribution < -0.4 is 42.6 Å². The number of hydrogen-bond donors (Lipinski definition) is 13. The standard InChI is InChI=1S/C48H58N8O14/c1-52-46(51)55-19-31-29-16-28(24-4-6-33(49)54-18-24)22(10-12-57)3-5-27(29)38-39(41(31)62)42(63)37-30(40(38)61)14-26(68-2)15-32(37)69-45-43(64)44(65)47(66,48(67,21-58)70-45)17-25(23-9-11-53-34(50)13-23)20-56-35(59)7-8-36(56)60/h4,6-9,13-15,18,22,25,28,33,43-45,53-54,57-58,62,64-67H,3,5,10-12,16-17,19-21,49-50H2,1-2H3,(H3,51,52,55). The molecule has 8 rings (SSSR count). The van der Waals surface area contributed by atoms with Crippen LogP contribution in [-0.4, -0.2) is 146 Å². The minimum atomic E-state index is -3.15. The molecular weight excluding hydrogens is 913 g/mol. The molecule has 2 amide bonds. The van der Waals surface area contributed by atoms with Gasteiger partial charge in [-0.05, 0) is 84.4 Å². The number of rotatable bonds is 14. The molecule has 4 heterocycles. The third-order valence-electron chi connectivity index (χ3n) is 14.2. The molecule has 9 atom stereocenters. The Labute approximate surface area is 401 Å². The van der Waals surface area contributed by atoms with E-state index in [-0.39, 0.29) is 90.7 Å². The number of carbonyl (C=O) groups is 4. The number of aliphatic hydroxyl groups is 6. The second-order valence-corrected chi connectivity index (χ2v) is 18.1. The van der Waals surface area contributed by atoms with Crippen molar-refractivity contribution in [3.63, 3.8) is 0 Å². The minimum absolute atomic E-state index is 0.0145. The van der Waals surface area contributed by atoms with Crippen molar-refractivity contribution in [2.24, 2.45) is 39.9 Å². The zero-order valence-corrected chi connectivity index (χ0v) is 38.4. The van der Waals surface area contributed by atoms with Crippen LogP contribution in [-0.2, 0) is 33.7 Å². The molecule has 4 aliphatic heterocycles. The van der Waals surface area contributed by atoms with Gasteiger partial charge in [-0.1, -0.05) is 12.2 Å². The van der Waals surface area contributed by atoms with Gasteiger partial charge in [0.25, 0.3) is 11.8 Å². The SMILES string of the molecule is CN=C(N)NCc1c(O)c2c(c3c1CC(C1=CNC(N)C=C1)C(CCO)CC3)C(=O)c1cc(OC)cc(OC3OC(O)(CO)C(O)(CC(CN4C(=O)C=CC4=O)C4=CCNC(N)=C4)C(O)C3O)c1C2=O. The molecule has 1 saturated heterocycles. The number of aliphatic imine (C=N–C) groups is 1. The number of fused-ring (bicyclic) bond motifs is 4. The second kappa shape index (κ2) is 19.6. The summed E-state index contributed by atoms with van der Waals surface area (Å²) < 4.78 is 17.4. The molecule has 2 aliphatic carbocycles. The summed E-state index contributed by atoms with van der Waals surface area (Å²) >= 11 is 0. The van der Waals surface area contributed by atoms with Crippen LogP contribution in [0.3, 0.4) is 0 Å². The van der Waals surface area contributed by atoms with E-state index in [2.05, 4.69) is 20.9 Å². The third-order valence-corrected chi connectivity index (χ3v) is 14.2. The van der Waals surface area contributed by atoms with Crippen LogP contribution in [0.5, 0.6) is 17.2 Å². The van der Waals surface area contributed by atoms with Gasteiger partial charge >= 0.3 is 0 Å². The fraction of sp³-hybridized carbons (Fsp3) is 0.438. The minimum Gasteiger partial charge on any atom is -0.507 e. The van der Waals surface area contributed by atoms with Gasteiger partial charge in [-0.2, -0.15) is 0 Å². The number of phenols is 1. The molecule has 6 aliphatic rings. The van der Waals surface area contributed by atoms with Gasteiger partial charge in [0.2, 0.25) is 17.9 Å². The lowest BCUT2D eigenvalue weighted by Gasteiger charge is -2.53. The van der Waals surface area contributed by atoms with Gasteiger partial charge in [0, 0.05) is 80.3 Å². The molecule has 0 aromatic heterocycles. The van der Waals surface area contributed by atoms with Crippen LogP contribution in [0.25, 0.3) is 0 Å². The predicted octanol–water partition coefficient (Wildman–Crippen LogP) is -2.23. The average Bonchev–Trinajstić information content (AvgIpc) is 3.54. The zero-order chi connectivity index (χ0) is 50.4. The number of amides is 2. The summed E-state index contributed by atoms with van der Waals surface area (Å²) in [4.78, 5) is 60.4. The molecule has 2 aromatic rings. The van der Waals surface area contributed by atoms with Crippen molar-refractivity contribution >= 4 is 29.3 Å². The zero-order valence-electron chi connectivity index (χ0n) is 38.4. The number of nitrogens with zero attached hydrogens (tertiary/aromatic N) is 2. The Morgan fingerprint density at radius 3 is 2.44 bits per heavy atom. The number of ether oxygens (including phenoxy) is 3. The number of benzene rings is 2. The first-order chi connectivity index (χ1) is 33.4. The monoisotopic (exact) mass is 970 g/mol. The van der Waals surface area contributed by atoms with Crippen LogP contribution >= 0.6 is 0 Å². The number of allylic oxidation sites excluding steroid dienone is 3. The summed E-state index contributed by atoms with van der Waals surface area (Å²) in [6.07, 6.45) is 4.14. The summed E-state index contributed by atoms with van der Waals surface area (Å²) in [5, 5.41) is 90.0. The summed E-state index contributed by atoms with van der Waals surface area (Å²) in [6, 6.07) is 2.49. The molecule has 22 heteroatoms. The molecule has 9 unspecified atom stereocenters. The molecule has 70 heavy (non-hydrogen) atoms. The number of dihydropyridines is 2. The van der Waals surface area contributed by atoms with E-state index in [9.17, 15) is 45.3 Å². The normalized spacial score (nSPS) is 28.9. The predicted molar refractivity (Wildman–Crippen MR) is 248 cm³/mol. The number of methoxy groups -OCH3 is 1. The largest absolute Gasteiger partial charge is 0.507 e.